The van der Waals surface area contributed by atoms with Crippen LogP contribution in [0, 0.1) is 0 Å². The topological polar surface area (TPSA) is 93.8 Å². The van der Waals surface area contributed by atoms with Gasteiger partial charge in [0.05, 0.1) is 14.2 Å². The molecule has 2 rings (SSSR count). The molecule has 26 heavy (non-hydrogen) atoms. The highest BCUT2D eigenvalue weighted by atomic mass is 19.4. The summed E-state index contributed by atoms with van der Waals surface area (Å²) in [4.78, 5) is 12.3. The molecule has 0 aliphatic carbocycles. The first-order chi connectivity index (χ1) is 12.2. The molecule has 2 N–H and O–H groups in total. The monoisotopic (exact) mass is 374 g/mol. The molecule has 1 aromatic carbocycles. The second-order valence-corrected chi connectivity index (χ2v) is 5.31. The lowest BCUT2D eigenvalue weighted by Gasteiger charge is -2.11. The molecule has 0 aliphatic rings. The number of rotatable bonds is 6. The van der Waals surface area contributed by atoms with Gasteiger partial charge in [-0.25, -0.2) is 0 Å². The first-order valence-electron chi connectivity index (χ1n) is 7.43. The van der Waals surface area contributed by atoms with Crippen molar-refractivity contribution in [3.8, 4) is 22.8 Å². The van der Waals surface area contributed by atoms with Crippen LogP contribution in [-0.4, -0.2) is 43.1 Å². The average Bonchev–Trinajstić information content (AvgIpc) is 3.03. The quantitative estimate of drug-likeness (QED) is 0.808. The fourth-order valence-electron chi connectivity index (χ4n) is 2.26. The highest BCUT2D eigenvalue weighted by Crippen LogP contribution is 2.35. The predicted octanol–water partition coefficient (Wildman–Crippen LogP) is 2.70. The maximum Gasteiger partial charge on any atom is 0.405 e. The molecule has 0 bridgehead atoms. The Labute approximate surface area is 146 Å². The van der Waals surface area contributed by atoms with Gasteiger partial charge in [-0.05, 0) is 25.1 Å². The van der Waals surface area contributed by atoms with Crippen molar-refractivity contribution in [3.05, 3.63) is 29.5 Å². The summed E-state index contributed by atoms with van der Waals surface area (Å²) in [5, 5.41) is 15.2. The maximum absolute atomic E-state index is 12.4. The largest absolute Gasteiger partial charge is 0.493 e. The standard InChI is InChI=1S/C16H17F3N2O5/c1-8(22)14-12(15(23)20-7-16(17,18)19)13(21-26-14)9-4-5-10(24-2)11(6-9)25-3/h4-6,8,22H,7H2,1-3H3,(H,20,23). The fourth-order valence-corrected chi connectivity index (χ4v) is 2.26. The van der Waals surface area contributed by atoms with Gasteiger partial charge in [0, 0.05) is 5.56 Å². The van der Waals surface area contributed by atoms with Gasteiger partial charge < -0.3 is 24.4 Å². The summed E-state index contributed by atoms with van der Waals surface area (Å²) < 4.78 is 52.4. The Balaban J connectivity index is 2.48. The number of methoxy groups -OCH3 is 2. The second-order valence-electron chi connectivity index (χ2n) is 5.31. The Morgan fingerprint density at radius 2 is 1.96 bits per heavy atom. The number of hydrogen-bond donors (Lipinski definition) is 2. The van der Waals surface area contributed by atoms with Crippen LogP contribution < -0.4 is 14.8 Å². The van der Waals surface area contributed by atoms with Gasteiger partial charge in [0.15, 0.2) is 17.3 Å². The molecule has 0 aliphatic heterocycles. The summed E-state index contributed by atoms with van der Waals surface area (Å²) in [7, 11) is 2.85. The fraction of sp³-hybridized carbons (Fsp3) is 0.375. The summed E-state index contributed by atoms with van der Waals surface area (Å²) in [5.41, 5.74) is 0.0356. The van der Waals surface area contributed by atoms with E-state index in [1.54, 1.807) is 11.4 Å². The predicted molar refractivity (Wildman–Crippen MR) is 84.1 cm³/mol. The van der Waals surface area contributed by atoms with E-state index < -0.39 is 24.7 Å². The lowest BCUT2D eigenvalue weighted by Crippen LogP contribution is -2.34. The van der Waals surface area contributed by atoms with Crippen molar-refractivity contribution in [2.45, 2.75) is 19.2 Å². The number of carbonyl (C=O) groups excluding carboxylic acids is 1. The summed E-state index contributed by atoms with van der Waals surface area (Å²) in [6, 6.07) is 4.57. The minimum atomic E-state index is -4.58. The molecular formula is C16H17F3N2O5. The SMILES string of the molecule is COc1ccc(-c2noc(C(C)O)c2C(=O)NCC(F)(F)F)cc1OC. The molecule has 0 spiro atoms. The highest BCUT2D eigenvalue weighted by Gasteiger charge is 2.32. The van der Waals surface area contributed by atoms with Crippen LogP contribution in [0.4, 0.5) is 13.2 Å². The molecule has 1 unspecified atom stereocenters. The molecule has 1 aromatic heterocycles. The zero-order valence-electron chi connectivity index (χ0n) is 14.2. The number of benzene rings is 1. The third-order valence-corrected chi connectivity index (χ3v) is 3.43. The second kappa shape index (κ2) is 7.65. The van der Waals surface area contributed by atoms with Gasteiger partial charge in [0.2, 0.25) is 0 Å². The zero-order valence-corrected chi connectivity index (χ0v) is 14.2. The maximum atomic E-state index is 12.4. The van der Waals surface area contributed by atoms with Gasteiger partial charge in [-0.1, -0.05) is 5.16 Å². The average molecular weight is 374 g/mol. The van der Waals surface area contributed by atoms with Gasteiger partial charge in [0.25, 0.3) is 5.91 Å². The van der Waals surface area contributed by atoms with E-state index in [0.717, 1.165) is 0 Å². The summed E-state index contributed by atoms with van der Waals surface area (Å²) in [5.74, 6) is -0.564. The van der Waals surface area contributed by atoms with Gasteiger partial charge in [-0.15, -0.1) is 0 Å². The zero-order chi connectivity index (χ0) is 19.5. The third kappa shape index (κ3) is 4.26. The van der Waals surface area contributed by atoms with E-state index in [0.29, 0.717) is 17.1 Å². The molecule has 2 aromatic rings. The van der Waals surface area contributed by atoms with Crippen LogP contribution >= 0.6 is 0 Å². The number of nitrogens with zero attached hydrogens (tertiary/aromatic N) is 1. The van der Waals surface area contributed by atoms with Gasteiger partial charge in [-0.2, -0.15) is 13.2 Å². The van der Waals surface area contributed by atoms with Crippen LogP contribution in [0.1, 0.15) is 29.1 Å². The lowest BCUT2D eigenvalue weighted by molar-refractivity contribution is -0.123. The molecule has 1 heterocycles. The smallest absolute Gasteiger partial charge is 0.405 e. The lowest BCUT2D eigenvalue weighted by atomic mass is 10.0. The Morgan fingerprint density at radius 1 is 1.31 bits per heavy atom. The van der Waals surface area contributed by atoms with Crippen LogP contribution in [0.15, 0.2) is 22.7 Å². The minimum Gasteiger partial charge on any atom is -0.493 e. The molecule has 7 nitrogen and oxygen atoms in total. The first kappa shape index (κ1) is 19.6. The molecule has 142 valence electrons. The summed E-state index contributed by atoms with van der Waals surface area (Å²) in [6.07, 6.45) is -5.83. The normalized spacial score (nSPS) is 12.6. The molecule has 0 radical (unpaired) electrons. The van der Waals surface area contributed by atoms with Crippen molar-refractivity contribution in [1.82, 2.24) is 10.5 Å². The summed E-state index contributed by atoms with van der Waals surface area (Å²) in [6.45, 7) is -0.221. The number of alkyl halides is 3. The van der Waals surface area contributed by atoms with Gasteiger partial charge in [-0.3, -0.25) is 4.79 Å². The van der Waals surface area contributed by atoms with Gasteiger partial charge >= 0.3 is 6.18 Å². The van der Waals surface area contributed by atoms with Crippen LogP contribution in [0.25, 0.3) is 11.3 Å². The number of aliphatic hydroxyl groups is 1. The molecule has 10 heteroatoms. The van der Waals surface area contributed by atoms with Crippen molar-refractivity contribution in [2.24, 2.45) is 0 Å². The molecule has 0 saturated heterocycles. The highest BCUT2D eigenvalue weighted by molar-refractivity contribution is 6.01. The number of halogens is 3. The van der Waals surface area contributed by atoms with Crippen LogP contribution in [0.5, 0.6) is 11.5 Å². The molecule has 0 saturated carbocycles. The van der Waals surface area contributed by atoms with Crippen molar-refractivity contribution < 1.29 is 37.1 Å². The van der Waals surface area contributed by atoms with Gasteiger partial charge in [0.1, 0.15) is 23.9 Å². The van der Waals surface area contributed by atoms with Crippen LogP contribution in [0.2, 0.25) is 0 Å². The molecule has 1 atom stereocenters. The summed E-state index contributed by atoms with van der Waals surface area (Å²) >= 11 is 0. The number of aromatic nitrogens is 1. The Hall–Kier alpha value is -2.75. The van der Waals surface area contributed by atoms with E-state index in [1.807, 2.05) is 0 Å². The van der Waals surface area contributed by atoms with E-state index in [4.69, 9.17) is 14.0 Å². The van der Waals surface area contributed by atoms with Crippen LogP contribution in [0.3, 0.4) is 0 Å². The van der Waals surface area contributed by atoms with Crippen molar-refractivity contribution in [3.63, 3.8) is 0 Å². The number of amides is 1. The van der Waals surface area contributed by atoms with E-state index in [-0.39, 0.29) is 17.0 Å². The number of ether oxygens (including phenoxy) is 2. The number of carbonyl (C=O) groups is 1. The Morgan fingerprint density at radius 3 is 2.50 bits per heavy atom. The third-order valence-electron chi connectivity index (χ3n) is 3.43. The Bertz CT molecular complexity index is 787. The van der Waals surface area contributed by atoms with E-state index in [1.165, 1.54) is 33.3 Å². The van der Waals surface area contributed by atoms with Crippen molar-refractivity contribution >= 4 is 5.91 Å². The van der Waals surface area contributed by atoms with E-state index in [2.05, 4.69) is 5.16 Å². The van der Waals surface area contributed by atoms with Crippen molar-refractivity contribution in [1.29, 1.82) is 0 Å². The Kier molecular flexibility index (Phi) is 5.76. The minimum absolute atomic E-state index is 0.0264. The molecule has 0 fully saturated rings. The van der Waals surface area contributed by atoms with E-state index in [9.17, 15) is 23.1 Å². The first-order valence-corrected chi connectivity index (χ1v) is 7.43. The number of aliphatic hydroxyl groups excluding tert-OH is 1. The molecular weight excluding hydrogens is 357 g/mol. The van der Waals surface area contributed by atoms with E-state index >= 15 is 0 Å². The number of hydrogen-bond acceptors (Lipinski definition) is 6. The number of nitrogens with one attached hydrogen (secondary N) is 1. The van der Waals surface area contributed by atoms with Crippen molar-refractivity contribution in [2.75, 3.05) is 20.8 Å². The molecule has 1 amide bonds. The van der Waals surface area contributed by atoms with Crippen LogP contribution in [-0.2, 0) is 0 Å².